The van der Waals surface area contributed by atoms with E-state index in [9.17, 15) is 14.4 Å². The van der Waals surface area contributed by atoms with Gasteiger partial charge in [0.1, 0.15) is 6.54 Å². The number of para-hydroxylation sites is 3. The van der Waals surface area contributed by atoms with Crippen LogP contribution in [0.25, 0.3) is 0 Å². The maximum Gasteiger partial charge on any atom is 0.279 e. The van der Waals surface area contributed by atoms with Crippen LogP contribution in [0.3, 0.4) is 0 Å². The zero-order valence-electron chi connectivity index (χ0n) is 19.2. The Morgan fingerprint density at radius 3 is 2.26 bits per heavy atom. The minimum absolute atomic E-state index is 0.0978. The van der Waals surface area contributed by atoms with Crippen molar-refractivity contribution in [1.82, 2.24) is 4.90 Å². The topological polar surface area (TPSA) is 73.0 Å². The fourth-order valence-electron chi connectivity index (χ4n) is 4.93. The largest absolute Gasteiger partial charge is 0.350 e. The van der Waals surface area contributed by atoms with Gasteiger partial charge >= 0.3 is 0 Å². The van der Waals surface area contributed by atoms with Crippen molar-refractivity contribution in [2.75, 3.05) is 34.8 Å². The van der Waals surface area contributed by atoms with Crippen molar-refractivity contribution in [2.45, 2.75) is 19.5 Å². The molecule has 1 N–H and O–H groups in total. The summed E-state index contributed by atoms with van der Waals surface area (Å²) < 4.78 is 0. The predicted octanol–water partition coefficient (Wildman–Crippen LogP) is 3.83. The first-order chi connectivity index (χ1) is 16.5. The summed E-state index contributed by atoms with van der Waals surface area (Å²) in [5.74, 6) is -0.777. The van der Waals surface area contributed by atoms with Crippen LogP contribution < -0.4 is 15.1 Å². The summed E-state index contributed by atoms with van der Waals surface area (Å²) in [6.45, 7) is 4.85. The van der Waals surface area contributed by atoms with Gasteiger partial charge in [0.2, 0.25) is 11.6 Å². The fraction of sp³-hybridized carbons (Fsp3) is 0.222. The molecule has 0 bridgehead atoms. The van der Waals surface area contributed by atoms with Crippen molar-refractivity contribution in [3.05, 3.63) is 90.0 Å². The third kappa shape index (κ3) is 3.08. The van der Waals surface area contributed by atoms with Crippen LogP contribution in [0.2, 0.25) is 0 Å². The zero-order valence-corrected chi connectivity index (χ0v) is 19.2. The quantitative estimate of drug-likeness (QED) is 0.636. The molecule has 5 rings (SSSR count). The average Bonchev–Trinajstić information content (AvgIpc) is 3.09. The molecule has 7 nitrogen and oxygen atoms in total. The van der Waals surface area contributed by atoms with E-state index >= 15 is 0 Å². The number of carbonyl (C=O) groups excluding carboxylic acids is 3. The van der Waals surface area contributed by atoms with Gasteiger partial charge in [0.05, 0.1) is 11.3 Å². The van der Waals surface area contributed by atoms with Crippen LogP contribution >= 0.6 is 0 Å². The molecular formula is C27H26N4O3. The second-order valence-electron chi connectivity index (χ2n) is 8.33. The summed E-state index contributed by atoms with van der Waals surface area (Å²) in [5.41, 5.74) is 1.41. The minimum Gasteiger partial charge on any atom is -0.350 e. The molecule has 0 radical (unpaired) electrons. The molecule has 1 unspecified atom stereocenters. The Bertz CT molecular complexity index is 1270. The third-order valence-electron chi connectivity index (χ3n) is 6.57. The first-order valence-electron chi connectivity index (χ1n) is 11.5. The molecule has 34 heavy (non-hydrogen) atoms. The van der Waals surface area contributed by atoms with Gasteiger partial charge in [-0.25, -0.2) is 0 Å². The maximum absolute atomic E-state index is 14.3. The van der Waals surface area contributed by atoms with Gasteiger partial charge in [-0.3, -0.25) is 24.2 Å². The van der Waals surface area contributed by atoms with E-state index in [2.05, 4.69) is 5.32 Å². The first-order valence-corrected chi connectivity index (χ1v) is 11.5. The molecule has 2 heterocycles. The van der Waals surface area contributed by atoms with Gasteiger partial charge in [-0.2, -0.15) is 0 Å². The number of benzene rings is 3. The molecule has 2 aliphatic rings. The number of nitrogens with one attached hydrogen (secondary N) is 1. The van der Waals surface area contributed by atoms with Crippen molar-refractivity contribution in [3.8, 4) is 0 Å². The Labute approximate surface area is 198 Å². The molecule has 2 aliphatic heterocycles. The summed E-state index contributed by atoms with van der Waals surface area (Å²) in [7, 11) is 0. The van der Waals surface area contributed by atoms with Gasteiger partial charge < -0.3 is 10.2 Å². The molecule has 0 aliphatic carbocycles. The first kappa shape index (κ1) is 21.7. The molecule has 3 aromatic rings. The second-order valence-corrected chi connectivity index (χ2v) is 8.33. The molecule has 3 amide bonds. The van der Waals surface area contributed by atoms with Crippen molar-refractivity contribution in [2.24, 2.45) is 0 Å². The van der Waals surface area contributed by atoms with E-state index in [1.165, 1.54) is 9.80 Å². The van der Waals surface area contributed by atoms with Gasteiger partial charge in [-0.05, 0) is 44.2 Å². The van der Waals surface area contributed by atoms with Crippen LogP contribution in [0.4, 0.5) is 17.1 Å². The summed E-state index contributed by atoms with van der Waals surface area (Å²) >= 11 is 0. The molecule has 0 aromatic heterocycles. The number of nitrogens with zero attached hydrogens (tertiary/aromatic N) is 3. The Balaban J connectivity index is 1.71. The van der Waals surface area contributed by atoms with Crippen LogP contribution in [-0.2, 0) is 15.3 Å². The van der Waals surface area contributed by atoms with Crippen LogP contribution in [0.15, 0.2) is 78.9 Å². The molecule has 172 valence electrons. The van der Waals surface area contributed by atoms with Gasteiger partial charge in [0.25, 0.3) is 11.8 Å². The molecule has 7 heteroatoms. The lowest BCUT2D eigenvalue weighted by atomic mass is 9.92. The number of likely N-dealkylation sites (N-methyl/N-ethyl adjacent to an activating group) is 1. The van der Waals surface area contributed by atoms with E-state index in [-0.39, 0.29) is 24.3 Å². The SMILES string of the molecule is CCN(CC)C(=O)CN1C(=O)C2(Nc3ccccc3C(=O)N2c2ccccc2)c2ccccc21. The summed E-state index contributed by atoms with van der Waals surface area (Å²) in [6, 6.07) is 23.7. The third-order valence-corrected chi connectivity index (χ3v) is 6.57. The highest BCUT2D eigenvalue weighted by Crippen LogP contribution is 2.49. The molecule has 1 spiro atoms. The van der Waals surface area contributed by atoms with Crippen LogP contribution in [-0.4, -0.2) is 42.3 Å². The number of amides is 3. The molecule has 3 aromatic carbocycles. The lowest BCUT2D eigenvalue weighted by molar-refractivity contribution is -0.131. The highest BCUT2D eigenvalue weighted by atomic mass is 16.2. The Morgan fingerprint density at radius 2 is 1.53 bits per heavy atom. The predicted molar refractivity (Wildman–Crippen MR) is 132 cm³/mol. The summed E-state index contributed by atoms with van der Waals surface area (Å²) in [6.07, 6.45) is 0. The normalized spacial score (nSPS) is 18.5. The number of anilines is 3. The average molecular weight is 455 g/mol. The van der Waals surface area contributed by atoms with Gasteiger partial charge in [-0.1, -0.05) is 48.5 Å². The summed E-state index contributed by atoms with van der Waals surface area (Å²) in [4.78, 5) is 46.0. The van der Waals surface area contributed by atoms with Crippen LogP contribution in [0.1, 0.15) is 29.8 Å². The van der Waals surface area contributed by atoms with E-state index < -0.39 is 5.66 Å². The highest BCUT2D eigenvalue weighted by molar-refractivity contribution is 6.23. The fourth-order valence-corrected chi connectivity index (χ4v) is 4.93. The van der Waals surface area contributed by atoms with Crippen molar-refractivity contribution in [1.29, 1.82) is 0 Å². The van der Waals surface area contributed by atoms with Gasteiger partial charge in [0, 0.05) is 30.0 Å². The zero-order chi connectivity index (χ0) is 23.9. The number of hydrogen-bond acceptors (Lipinski definition) is 4. The highest BCUT2D eigenvalue weighted by Gasteiger charge is 2.59. The molecular weight excluding hydrogens is 428 g/mol. The van der Waals surface area contributed by atoms with E-state index in [4.69, 9.17) is 0 Å². The Morgan fingerprint density at radius 1 is 0.882 bits per heavy atom. The molecule has 0 saturated heterocycles. The maximum atomic E-state index is 14.3. The van der Waals surface area contributed by atoms with Crippen molar-refractivity contribution in [3.63, 3.8) is 0 Å². The van der Waals surface area contributed by atoms with E-state index in [0.29, 0.717) is 41.3 Å². The summed E-state index contributed by atoms with van der Waals surface area (Å²) in [5, 5.41) is 3.41. The van der Waals surface area contributed by atoms with Gasteiger partial charge in [-0.15, -0.1) is 0 Å². The minimum atomic E-state index is -1.51. The second kappa shape index (κ2) is 8.33. The van der Waals surface area contributed by atoms with Crippen molar-refractivity contribution >= 4 is 34.8 Å². The number of fused-ring (bicyclic) bond motifs is 3. The smallest absolute Gasteiger partial charge is 0.279 e. The lowest BCUT2D eigenvalue weighted by Crippen LogP contribution is -2.63. The van der Waals surface area contributed by atoms with Crippen LogP contribution in [0.5, 0.6) is 0 Å². The molecule has 0 saturated carbocycles. The number of rotatable bonds is 5. The van der Waals surface area contributed by atoms with Crippen LogP contribution in [0, 0.1) is 0 Å². The van der Waals surface area contributed by atoms with E-state index in [0.717, 1.165) is 0 Å². The van der Waals surface area contributed by atoms with E-state index in [1.807, 2.05) is 74.5 Å². The number of hydrogen-bond donors (Lipinski definition) is 1. The van der Waals surface area contributed by atoms with Crippen molar-refractivity contribution < 1.29 is 14.4 Å². The monoisotopic (exact) mass is 454 g/mol. The number of carbonyl (C=O) groups is 3. The Kier molecular flexibility index (Phi) is 5.32. The molecule has 1 atom stereocenters. The standard InChI is InChI=1S/C27H26N4O3/c1-3-29(4-2)24(32)18-30-23-17-11-9-15-21(23)27(26(30)34)28-22-16-10-8-14-20(22)25(33)31(27)19-12-6-5-7-13-19/h5-17,28H,3-4,18H2,1-2H3. The van der Waals surface area contributed by atoms with E-state index in [1.54, 1.807) is 23.1 Å². The molecule has 0 fully saturated rings. The Hall–Kier alpha value is -4.13. The lowest BCUT2D eigenvalue weighted by Gasteiger charge is -2.45. The van der Waals surface area contributed by atoms with Gasteiger partial charge in [0.15, 0.2) is 0 Å².